The highest BCUT2D eigenvalue weighted by molar-refractivity contribution is 6.04. The third kappa shape index (κ3) is 4.16. The van der Waals surface area contributed by atoms with Gasteiger partial charge in [0.2, 0.25) is 0 Å². The predicted molar refractivity (Wildman–Crippen MR) is 99.5 cm³/mol. The molecule has 1 heterocycles. The second kappa shape index (κ2) is 8.11. The molecule has 0 fully saturated rings. The first-order valence-electron chi connectivity index (χ1n) is 8.18. The van der Waals surface area contributed by atoms with Gasteiger partial charge in [0.1, 0.15) is 17.4 Å². The van der Waals surface area contributed by atoms with Gasteiger partial charge in [0.15, 0.2) is 0 Å². The van der Waals surface area contributed by atoms with E-state index < -0.39 is 11.7 Å². The van der Waals surface area contributed by atoms with Crippen molar-refractivity contribution in [3.63, 3.8) is 0 Å². The van der Waals surface area contributed by atoms with Gasteiger partial charge in [0.25, 0.3) is 5.91 Å². The Labute approximate surface area is 150 Å². The number of aromatic nitrogens is 1. The van der Waals surface area contributed by atoms with Crippen molar-refractivity contribution < 1.29 is 13.9 Å². The van der Waals surface area contributed by atoms with Crippen LogP contribution in [0.4, 0.5) is 21.6 Å². The highest BCUT2D eigenvalue weighted by Gasteiger charge is 2.11. The number of rotatable bonds is 6. The van der Waals surface area contributed by atoms with Crippen LogP contribution in [0.25, 0.3) is 0 Å². The Kier molecular flexibility index (Phi) is 5.43. The van der Waals surface area contributed by atoms with Crippen molar-refractivity contribution in [2.75, 3.05) is 17.2 Å². The molecule has 26 heavy (non-hydrogen) atoms. The first-order valence-corrected chi connectivity index (χ1v) is 8.18. The summed E-state index contributed by atoms with van der Waals surface area (Å²) < 4.78 is 19.2. The number of nitrogens with zero attached hydrogens (tertiary/aromatic N) is 1. The van der Waals surface area contributed by atoms with Crippen LogP contribution in [0.2, 0.25) is 0 Å². The number of anilines is 3. The van der Waals surface area contributed by atoms with Gasteiger partial charge in [-0.25, -0.2) is 9.37 Å². The molecule has 0 saturated heterocycles. The normalized spacial score (nSPS) is 10.2. The van der Waals surface area contributed by atoms with E-state index in [2.05, 4.69) is 15.6 Å². The van der Waals surface area contributed by atoms with E-state index >= 15 is 0 Å². The molecule has 0 spiro atoms. The van der Waals surface area contributed by atoms with Gasteiger partial charge in [-0.15, -0.1) is 0 Å². The van der Waals surface area contributed by atoms with Crippen LogP contribution in [0.15, 0.2) is 66.9 Å². The Morgan fingerprint density at radius 2 is 1.85 bits per heavy atom. The molecular formula is C20H18FN3O2. The van der Waals surface area contributed by atoms with Gasteiger partial charge in [-0.2, -0.15) is 0 Å². The lowest BCUT2D eigenvalue weighted by molar-refractivity contribution is 0.102. The standard InChI is InChI=1S/C20H18FN3O2/c1-2-26-18-10-6-5-9-17(18)24-19-12-11-14(13-22-19)23-20(25)15-7-3-4-8-16(15)21/h3-13H,2H2,1H3,(H,22,24)(H,23,25). The largest absolute Gasteiger partial charge is 0.492 e. The third-order valence-electron chi connectivity index (χ3n) is 3.59. The maximum atomic E-state index is 13.7. The molecule has 3 aromatic rings. The van der Waals surface area contributed by atoms with Crippen LogP contribution >= 0.6 is 0 Å². The number of para-hydroxylation sites is 2. The van der Waals surface area contributed by atoms with Crippen molar-refractivity contribution in [3.8, 4) is 5.75 Å². The number of nitrogens with one attached hydrogen (secondary N) is 2. The van der Waals surface area contributed by atoms with E-state index in [1.54, 1.807) is 18.2 Å². The van der Waals surface area contributed by atoms with E-state index in [-0.39, 0.29) is 5.56 Å². The minimum atomic E-state index is -0.566. The molecule has 0 atom stereocenters. The van der Waals surface area contributed by atoms with E-state index in [4.69, 9.17) is 4.74 Å². The fourth-order valence-corrected chi connectivity index (χ4v) is 2.37. The minimum Gasteiger partial charge on any atom is -0.492 e. The first kappa shape index (κ1) is 17.4. The Balaban J connectivity index is 1.69. The second-order valence-corrected chi connectivity index (χ2v) is 5.42. The van der Waals surface area contributed by atoms with Gasteiger partial charge >= 0.3 is 0 Å². The Hall–Kier alpha value is -3.41. The fraction of sp³-hybridized carbons (Fsp3) is 0.100. The van der Waals surface area contributed by atoms with Crippen molar-refractivity contribution in [2.45, 2.75) is 6.92 Å². The molecule has 2 aromatic carbocycles. The Morgan fingerprint density at radius 3 is 2.58 bits per heavy atom. The molecule has 0 aliphatic heterocycles. The molecule has 6 heteroatoms. The maximum Gasteiger partial charge on any atom is 0.258 e. The molecular weight excluding hydrogens is 333 g/mol. The van der Waals surface area contributed by atoms with Gasteiger partial charge in [-0.05, 0) is 43.3 Å². The zero-order chi connectivity index (χ0) is 18.4. The van der Waals surface area contributed by atoms with Crippen molar-refractivity contribution in [2.24, 2.45) is 0 Å². The first-order chi connectivity index (χ1) is 12.7. The molecule has 0 saturated carbocycles. The summed E-state index contributed by atoms with van der Waals surface area (Å²) in [6.45, 7) is 2.48. The molecule has 2 N–H and O–H groups in total. The van der Waals surface area contributed by atoms with Gasteiger partial charge in [0.05, 0.1) is 29.7 Å². The number of hydrogen-bond acceptors (Lipinski definition) is 4. The van der Waals surface area contributed by atoms with E-state index in [0.717, 1.165) is 11.4 Å². The predicted octanol–water partition coefficient (Wildman–Crippen LogP) is 4.62. The molecule has 132 valence electrons. The van der Waals surface area contributed by atoms with Gasteiger partial charge < -0.3 is 15.4 Å². The van der Waals surface area contributed by atoms with E-state index in [1.165, 1.54) is 24.4 Å². The summed E-state index contributed by atoms with van der Waals surface area (Å²) in [7, 11) is 0. The maximum absolute atomic E-state index is 13.7. The van der Waals surface area contributed by atoms with Crippen molar-refractivity contribution in [1.82, 2.24) is 4.98 Å². The van der Waals surface area contributed by atoms with Crippen LogP contribution in [-0.2, 0) is 0 Å². The summed E-state index contributed by atoms with van der Waals surface area (Å²) in [5, 5.41) is 5.80. The van der Waals surface area contributed by atoms with Crippen LogP contribution < -0.4 is 15.4 Å². The number of amides is 1. The number of benzene rings is 2. The highest BCUT2D eigenvalue weighted by Crippen LogP contribution is 2.27. The number of carbonyl (C=O) groups is 1. The number of halogens is 1. The monoisotopic (exact) mass is 351 g/mol. The van der Waals surface area contributed by atoms with Crippen molar-refractivity contribution in [3.05, 3.63) is 78.2 Å². The average Bonchev–Trinajstić information content (AvgIpc) is 2.65. The smallest absolute Gasteiger partial charge is 0.258 e. The van der Waals surface area contributed by atoms with Gasteiger partial charge in [0, 0.05) is 0 Å². The highest BCUT2D eigenvalue weighted by atomic mass is 19.1. The summed E-state index contributed by atoms with van der Waals surface area (Å²) in [5.41, 5.74) is 1.26. The number of ether oxygens (including phenoxy) is 1. The fourth-order valence-electron chi connectivity index (χ4n) is 2.37. The van der Waals surface area contributed by atoms with Crippen LogP contribution in [0.3, 0.4) is 0 Å². The Morgan fingerprint density at radius 1 is 1.08 bits per heavy atom. The lowest BCUT2D eigenvalue weighted by Gasteiger charge is -2.12. The topological polar surface area (TPSA) is 63.2 Å². The summed E-state index contributed by atoms with van der Waals surface area (Å²) in [5.74, 6) is 0.242. The SMILES string of the molecule is CCOc1ccccc1Nc1ccc(NC(=O)c2ccccc2F)cn1. The quantitative estimate of drug-likeness (QED) is 0.680. The lowest BCUT2D eigenvalue weighted by atomic mass is 10.2. The van der Waals surface area contributed by atoms with Crippen LogP contribution in [0.1, 0.15) is 17.3 Å². The van der Waals surface area contributed by atoms with Crippen molar-refractivity contribution in [1.29, 1.82) is 0 Å². The summed E-state index contributed by atoms with van der Waals surface area (Å²) >= 11 is 0. The molecule has 1 aromatic heterocycles. The van der Waals surface area contributed by atoms with Crippen molar-refractivity contribution >= 4 is 23.1 Å². The summed E-state index contributed by atoms with van der Waals surface area (Å²) in [6.07, 6.45) is 1.50. The summed E-state index contributed by atoms with van der Waals surface area (Å²) in [6, 6.07) is 16.8. The van der Waals surface area contributed by atoms with Gasteiger partial charge in [-0.3, -0.25) is 4.79 Å². The Bertz CT molecular complexity index is 898. The van der Waals surface area contributed by atoms with E-state index in [9.17, 15) is 9.18 Å². The lowest BCUT2D eigenvalue weighted by Crippen LogP contribution is -2.13. The summed E-state index contributed by atoms with van der Waals surface area (Å²) in [4.78, 5) is 16.4. The van der Waals surface area contributed by atoms with E-state index in [0.29, 0.717) is 18.1 Å². The molecule has 0 unspecified atom stereocenters. The second-order valence-electron chi connectivity index (χ2n) is 5.42. The van der Waals surface area contributed by atoms with Gasteiger partial charge in [-0.1, -0.05) is 24.3 Å². The molecule has 0 bridgehead atoms. The number of carbonyl (C=O) groups excluding carboxylic acids is 1. The zero-order valence-electron chi connectivity index (χ0n) is 14.2. The molecule has 3 rings (SSSR count). The molecule has 0 aliphatic carbocycles. The number of hydrogen-bond donors (Lipinski definition) is 2. The minimum absolute atomic E-state index is 0.0136. The number of pyridine rings is 1. The van der Waals surface area contributed by atoms with Crippen LogP contribution in [-0.4, -0.2) is 17.5 Å². The van der Waals surface area contributed by atoms with E-state index in [1.807, 2.05) is 31.2 Å². The van der Waals surface area contributed by atoms with Crippen LogP contribution in [0.5, 0.6) is 5.75 Å². The molecule has 1 amide bonds. The molecule has 5 nitrogen and oxygen atoms in total. The zero-order valence-corrected chi connectivity index (χ0v) is 14.2. The van der Waals surface area contributed by atoms with Crippen LogP contribution in [0, 0.1) is 5.82 Å². The molecule has 0 aliphatic rings. The molecule has 0 radical (unpaired) electrons. The third-order valence-corrected chi connectivity index (χ3v) is 3.59. The average molecular weight is 351 g/mol.